The Labute approximate surface area is 223 Å². The Morgan fingerprint density at radius 2 is 1.58 bits per heavy atom. The first kappa shape index (κ1) is 25.1. The van der Waals surface area contributed by atoms with Gasteiger partial charge in [-0.3, -0.25) is 4.79 Å². The normalized spacial score (nSPS) is 13.7. The number of benzene rings is 3. The zero-order chi connectivity index (χ0) is 26.3. The molecule has 0 radical (unpaired) electrons. The van der Waals surface area contributed by atoms with E-state index in [0.29, 0.717) is 32.9 Å². The molecule has 1 aliphatic heterocycles. The van der Waals surface area contributed by atoms with Crippen LogP contribution in [0.5, 0.6) is 5.75 Å². The summed E-state index contributed by atoms with van der Waals surface area (Å²) >= 11 is 0. The molecule has 0 N–H and O–H groups in total. The Morgan fingerprint density at radius 1 is 0.947 bits per heavy atom. The summed E-state index contributed by atoms with van der Waals surface area (Å²) in [5.41, 5.74) is 5.70. The molecule has 6 heteroatoms. The quantitative estimate of drug-likeness (QED) is 0.230. The number of ether oxygens (including phenoxy) is 2. The molecule has 3 aromatic carbocycles. The molecule has 0 unspecified atom stereocenters. The summed E-state index contributed by atoms with van der Waals surface area (Å²) in [5, 5.41) is 10.0. The molecule has 5 rings (SSSR count). The van der Waals surface area contributed by atoms with E-state index >= 15 is 0 Å². The number of nitriles is 1. The van der Waals surface area contributed by atoms with Gasteiger partial charge in [-0.25, -0.2) is 0 Å². The highest BCUT2D eigenvalue weighted by atomic mass is 16.5. The molecule has 1 saturated heterocycles. The van der Waals surface area contributed by atoms with E-state index in [4.69, 9.17) is 9.47 Å². The SMILES string of the molecule is CCOc1ccc(-n2c(-c3ccccc3)cc(C=C(C#N)C(=O)N3CCOCC3)c2-c2ccccc2)cc1. The van der Waals surface area contributed by atoms with Gasteiger partial charge in [-0.1, -0.05) is 60.7 Å². The predicted molar refractivity (Wildman–Crippen MR) is 149 cm³/mol. The molecule has 0 spiro atoms. The Morgan fingerprint density at radius 3 is 2.18 bits per heavy atom. The van der Waals surface area contributed by atoms with Gasteiger partial charge < -0.3 is 18.9 Å². The van der Waals surface area contributed by atoms with E-state index in [1.165, 1.54) is 0 Å². The largest absolute Gasteiger partial charge is 0.494 e. The molecule has 1 aliphatic rings. The smallest absolute Gasteiger partial charge is 0.264 e. The van der Waals surface area contributed by atoms with Crippen molar-refractivity contribution >= 4 is 12.0 Å². The molecule has 1 amide bonds. The van der Waals surface area contributed by atoms with Crippen LogP contribution in [-0.2, 0) is 9.53 Å². The van der Waals surface area contributed by atoms with E-state index in [-0.39, 0.29) is 11.5 Å². The van der Waals surface area contributed by atoms with Crippen LogP contribution in [0, 0.1) is 11.3 Å². The molecule has 190 valence electrons. The van der Waals surface area contributed by atoms with Crippen molar-refractivity contribution in [2.24, 2.45) is 0 Å². The molecule has 1 fully saturated rings. The number of amides is 1. The summed E-state index contributed by atoms with van der Waals surface area (Å²) in [6.45, 7) is 4.47. The lowest BCUT2D eigenvalue weighted by molar-refractivity contribution is -0.130. The highest BCUT2D eigenvalue weighted by molar-refractivity contribution is 6.03. The van der Waals surface area contributed by atoms with Crippen LogP contribution in [0.3, 0.4) is 0 Å². The standard InChI is InChI=1S/C32H29N3O3/c1-2-38-29-15-13-28(14-16-29)35-30(24-9-5-3-6-10-24)22-26(31(35)25-11-7-4-8-12-25)21-27(23-33)32(36)34-17-19-37-20-18-34/h3-16,21-22H,2,17-20H2,1H3. The molecule has 0 saturated carbocycles. The fraction of sp³-hybridized carbons (Fsp3) is 0.188. The average Bonchev–Trinajstić information content (AvgIpc) is 3.36. The van der Waals surface area contributed by atoms with Crippen LogP contribution in [0.2, 0.25) is 0 Å². The van der Waals surface area contributed by atoms with Crippen molar-refractivity contribution in [3.8, 4) is 40.0 Å². The van der Waals surface area contributed by atoms with Crippen LogP contribution >= 0.6 is 0 Å². The maximum absolute atomic E-state index is 13.3. The summed E-state index contributed by atoms with van der Waals surface area (Å²) in [6.07, 6.45) is 1.72. The first-order valence-electron chi connectivity index (χ1n) is 12.8. The average molecular weight is 504 g/mol. The fourth-order valence-corrected chi connectivity index (χ4v) is 4.71. The zero-order valence-corrected chi connectivity index (χ0v) is 21.3. The summed E-state index contributed by atoms with van der Waals surface area (Å²) < 4.78 is 13.2. The maximum Gasteiger partial charge on any atom is 0.264 e. The number of carbonyl (C=O) groups is 1. The summed E-state index contributed by atoms with van der Waals surface area (Å²) in [7, 11) is 0. The van der Waals surface area contributed by atoms with Crippen LogP contribution < -0.4 is 4.74 Å². The van der Waals surface area contributed by atoms with Crippen molar-refractivity contribution in [3.63, 3.8) is 0 Å². The van der Waals surface area contributed by atoms with E-state index in [2.05, 4.69) is 28.8 Å². The third-order valence-corrected chi connectivity index (χ3v) is 6.50. The molecule has 6 nitrogen and oxygen atoms in total. The number of hydrogen-bond donors (Lipinski definition) is 0. The lowest BCUT2D eigenvalue weighted by Crippen LogP contribution is -2.41. The summed E-state index contributed by atoms with van der Waals surface area (Å²) in [5.74, 6) is 0.527. The number of aromatic nitrogens is 1. The van der Waals surface area contributed by atoms with Crippen LogP contribution in [0.4, 0.5) is 0 Å². The van der Waals surface area contributed by atoms with Gasteiger partial charge in [0.15, 0.2) is 0 Å². The Balaban J connectivity index is 1.73. The van der Waals surface area contributed by atoms with Crippen LogP contribution in [0.15, 0.2) is 96.6 Å². The van der Waals surface area contributed by atoms with E-state index in [1.54, 1.807) is 11.0 Å². The van der Waals surface area contributed by atoms with Crippen LogP contribution in [0.25, 0.3) is 34.3 Å². The van der Waals surface area contributed by atoms with E-state index < -0.39 is 0 Å². The van der Waals surface area contributed by atoms with Crippen LogP contribution in [0.1, 0.15) is 12.5 Å². The molecule has 38 heavy (non-hydrogen) atoms. The molecule has 1 aromatic heterocycles. The third-order valence-electron chi connectivity index (χ3n) is 6.50. The second-order valence-corrected chi connectivity index (χ2v) is 8.90. The minimum absolute atomic E-state index is 0.104. The highest BCUT2D eigenvalue weighted by Gasteiger charge is 2.23. The number of carbonyl (C=O) groups excluding carboxylic acids is 1. The fourth-order valence-electron chi connectivity index (χ4n) is 4.71. The minimum Gasteiger partial charge on any atom is -0.494 e. The van der Waals surface area contributed by atoms with Gasteiger partial charge >= 0.3 is 0 Å². The monoisotopic (exact) mass is 503 g/mol. The van der Waals surface area contributed by atoms with E-state index in [0.717, 1.165) is 39.5 Å². The van der Waals surface area contributed by atoms with Gasteiger partial charge in [0.1, 0.15) is 17.4 Å². The lowest BCUT2D eigenvalue weighted by atomic mass is 10.0. The van der Waals surface area contributed by atoms with Crippen molar-refractivity contribution in [2.45, 2.75) is 6.92 Å². The van der Waals surface area contributed by atoms with Gasteiger partial charge in [-0.05, 0) is 54.5 Å². The van der Waals surface area contributed by atoms with E-state index in [9.17, 15) is 10.1 Å². The molecule has 0 atom stereocenters. The first-order chi connectivity index (χ1) is 18.7. The van der Waals surface area contributed by atoms with Gasteiger partial charge in [0.2, 0.25) is 0 Å². The Bertz CT molecular complexity index is 1460. The Hall–Kier alpha value is -4.60. The minimum atomic E-state index is -0.273. The van der Waals surface area contributed by atoms with Gasteiger partial charge in [0.05, 0.1) is 31.2 Å². The van der Waals surface area contributed by atoms with Gasteiger partial charge in [-0.15, -0.1) is 0 Å². The second kappa shape index (κ2) is 11.6. The third kappa shape index (κ3) is 5.24. The maximum atomic E-state index is 13.3. The number of morpholine rings is 1. The van der Waals surface area contributed by atoms with Crippen LogP contribution in [-0.4, -0.2) is 48.3 Å². The summed E-state index contributed by atoms with van der Waals surface area (Å²) in [4.78, 5) is 15.0. The van der Waals surface area contributed by atoms with Crippen molar-refractivity contribution in [3.05, 3.63) is 102 Å². The molecule has 4 aromatic rings. The summed E-state index contributed by atoms with van der Waals surface area (Å²) in [6, 6.07) is 32.4. The van der Waals surface area contributed by atoms with Gasteiger partial charge in [0.25, 0.3) is 5.91 Å². The van der Waals surface area contributed by atoms with Gasteiger partial charge in [0, 0.05) is 24.3 Å². The first-order valence-corrected chi connectivity index (χ1v) is 12.8. The molecular formula is C32H29N3O3. The van der Waals surface area contributed by atoms with Crippen molar-refractivity contribution in [1.82, 2.24) is 9.47 Å². The molecule has 0 aliphatic carbocycles. The highest BCUT2D eigenvalue weighted by Crippen LogP contribution is 2.37. The lowest BCUT2D eigenvalue weighted by Gasteiger charge is -2.26. The van der Waals surface area contributed by atoms with Crippen molar-refractivity contribution in [1.29, 1.82) is 5.26 Å². The number of nitrogens with zero attached hydrogens (tertiary/aromatic N) is 3. The number of hydrogen-bond acceptors (Lipinski definition) is 4. The molecule has 0 bridgehead atoms. The van der Waals surface area contributed by atoms with Crippen molar-refractivity contribution < 1.29 is 14.3 Å². The topological polar surface area (TPSA) is 67.5 Å². The number of rotatable bonds is 7. The zero-order valence-electron chi connectivity index (χ0n) is 21.3. The van der Waals surface area contributed by atoms with Gasteiger partial charge in [-0.2, -0.15) is 5.26 Å². The van der Waals surface area contributed by atoms with E-state index in [1.807, 2.05) is 79.7 Å². The second-order valence-electron chi connectivity index (χ2n) is 8.90. The molecular weight excluding hydrogens is 474 g/mol. The molecule has 2 heterocycles. The van der Waals surface area contributed by atoms with Crippen molar-refractivity contribution in [2.75, 3.05) is 32.9 Å². The Kier molecular flexibility index (Phi) is 7.67. The predicted octanol–water partition coefficient (Wildman–Crippen LogP) is 5.98.